The second kappa shape index (κ2) is 7.27. The van der Waals surface area contributed by atoms with E-state index in [1.54, 1.807) is 0 Å². The predicted octanol–water partition coefficient (Wildman–Crippen LogP) is 1.82. The van der Waals surface area contributed by atoms with Gasteiger partial charge in [0.15, 0.2) is 6.04 Å². The monoisotopic (exact) mass is 351 g/mol. The van der Waals surface area contributed by atoms with Gasteiger partial charge in [0.05, 0.1) is 12.2 Å². The van der Waals surface area contributed by atoms with Crippen LogP contribution < -0.4 is 5.32 Å². The Morgan fingerprint density at radius 3 is 2.44 bits per heavy atom. The van der Waals surface area contributed by atoms with E-state index in [9.17, 15) is 23.5 Å². The average Bonchev–Trinajstić information content (AvgIpc) is 2.54. The molecular weight excluding hydrogens is 336 g/mol. The zero-order valence-electron chi connectivity index (χ0n) is 13.1. The largest absolute Gasteiger partial charge is 0.507 e. The quantitative estimate of drug-likeness (QED) is 0.657. The first kappa shape index (κ1) is 18.3. The third kappa shape index (κ3) is 3.92. The van der Waals surface area contributed by atoms with E-state index in [0.29, 0.717) is 6.07 Å². The van der Waals surface area contributed by atoms with Gasteiger partial charge in [0.2, 0.25) is 0 Å². The number of aryl methyl sites for hydroxylation is 1. The number of aromatic hydroxyl groups is 1. The Hall–Kier alpha value is -3.00. The van der Waals surface area contributed by atoms with Crippen molar-refractivity contribution in [3.8, 4) is 16.9 Å². The molecule has 2 aromatic rings. The highest BCUT2D eigenvalue weighted by Crippen LogP contribution is 2.31. The van der Waals surface area contributed by atoms with Gasteiger partial charge in [0.1, 0.15) is 17.4 Å². The number of hydrogen-bond acceptors (Lipinski definition) is 4. The first-order chi connectivity index (χ1) is 11.7. The molecule has 0 fully saturated rings. The average molecular weight is 351 g/mol. The molecule has 1 amide bonds. The Balaban J connectivity index is 2.47. The maximum atomic E-state index is 14.0. The topological polar surface area (TPSA) is 107 Å². The molecule has 0 saturated carbocycles. The highest BCUT2D eigenvalue weighted by Gasteiger charge is 2.23. The molecule has 0 heterocycles. The molecule has 4 N–H and O–H groups in total. The summed E-state index contributed by atoms with van der Waals surface area (Å²) in [6.45, 7) is 0.630. The predicted molar refractivity (Wildman–Crippen MR) is 84.2 cm³/mol. The minimum Gasteiger partial charge on any atom is -0.507 e. The lowest BCUT2D eigenvalue weighted by Crippen LogP contribution is -2.43. The lowest BCUT2D eigenvalue weighted by atomic mass is 9.98. The van der Waals surface area contributed by atoms with Gasteiger partial charge in [-0.3, -0.25) is 4.79 Å². The first-order valence-corrected chi connectivity index (χ1v) is 7.18. The van der Waals surface area contributed by atoms with Crippen LogP contribution in [-0.4, -0.2) is 39.8 Å². The molecule has 132 valence electrons. The number of phenols is 1. The van der Waals surface area contributed by atoms with Gasteiger partial charge < -0.3 is 20.6 Å². The van der Waals surface area contributed by atoms with Crippen LogP contribution in [0.5, 0.6) is 5.75 Å². The standard InChI is InChI=1S/C17H15F2NO5/c1-8-4-9(11-3-2-10(18)6-13(11)19)5-12(15(8)22)16(23)20-14(7-21)17(24)25/h2-6,14,21-22H,7H2,1H3,(H,20,23)(H,24,25). The summed E-state index contributed by atoms with van der Waals surface area (Å²) in [7, 11) is 0. The Morgan fingerprint density at radius 2 is 1.88 bits per heavy atom. The van der Waals surface area contributed by atoms with E-state index < -0.39 is 41.9 Å². The summed E-state index contributed by atoms with van der Waals surface area (Å²) < 4.78 is 27.0. The number of nitrogens with one attached hydrogen (secondary N) is 1. The highest BCUT2D eigenvalue weighted by atomic mass is 19.1. The number of phenolic OH excluding ortho intramolecular Hbond substituents is 1. The van der Waals surface area contributed by atoms with Crippen LogP contribution in [0.15, 0.2) is 30.3 Å². The summed E-state index contributed by atoms with van der Waals surface area (Å²) in [6.07, 6.45) is 0. The number of aliphatic hydroxyl groups excluding tert-OH is 1. The Bertz CT molecular complexity index is 838. The fraction of sp³-hybridized carbons (Fsp3) is 0.176. The van der Waals surface area contributed by atoms with E-state index in [-0.39, 0.29) is 22.3 Å². The van der Waals surface area contributed by atoms with E-state index >= 15 is 0 Å². The summed E-state index contributed by atoms with van der Waals surface area (Å²) >= 11 is 0. The van der Waals surface area contributed by atoms with Crippen molar-refractivity contribution >= 4 is 11.9 Å². The number of halogens is 2. The zero-order chi connectivity index (χ0) is 18.7. The highest BCUT2D eigenvalue weighted by molar-refractivity contribution is 6.00. The number of carbonyl (C=O) groups is 2. The molecular formula is C17H15F2NO5. The van der Waals surface area contributed by atoms with Crippen molar-refractivity contribution in [2.24, 2.45) is 0 Å². The third-order valence-electron chi connectivity index (χ3n) is 3.57. The van der Waals surface area contributed by atoms with Gasteiger partial charge in [-0.15, -0.1) is 0 Å². The van der Waals surface area contributed by atoms with E-state index in [4.69, 9.17) is 10.2 Å². The van der Waals surface area contributed by atoms with Gasteiger partial charge in [-0.05, 0) is 42.3 Å². The molecule has 6 nitrogen and oxygen atoms in total. The summed E-state index contributed by atoms with van der Waals surface area (Å²) in [5.74, 6) is -4.43. The lowest BCUT2D eigenvalue weighted by Gasteiger charge is -2.15. The molecule has 1 atom stereocenters. The van der Waals surface area contributed by atoms with Crippen LogP contribution in [0, 0.1) is 18.6 Å². The molecule has 0 aliphatic rings. The van der Waals surface area contributed by atoms with Crippen LogP contribution in [0.25, 0.3) is 11.1 Å². The van der Waals surface area contributed by atoms with E-state index in [1.807, 2.05) is 0 Å². The van der Waals surface area contributed by atoms with Gasteiger partial charge in [-0.25, -0.2) is 13.6 Å². The van der Waals surface area contributed by atoms with Crippen LogP contribution in [0.2, 0.25) is 0 Å². The van der Waals surface area contributed by atoms with Crippen molar-refractivity contribution in [1.82, 2.24) is 5.32 Å². The molecule has 1 unspecified atom stereocenters. The maximum absolute atomic E-state index is 14.0. The summed E-state index contributed by atoms with van der Waals surface area (Å²) in [4.78, 5) is 23.1. The number of carbonyl (C=O) groups excluding carboxylic acids is 1. The fourth-order valence-electron chi connectivity index (χ4n) is 2.25. The zero-order valence-corrected chi connectivity index (χ0v) is 13.1. The van der Waals surface area contributed by atoms with Crippen molar-refractivity contribution in [2.75, 3.05) is 6.61 Å². The molecule has 0 saturated heterocycles. The van der Waals surface area contributed by atoms with Gasteiger partial charge in [0, 0.05) is 11.6 Å². The van der Waals surface area contributed by atoms with E-state index in [2.05, 4.69) is 5.32 Å². The van der Waals surface area contributed by atoms with Crippen molar-refractivity contribution in [2.45, 2.75) is 13.0 Å². The van der Waals surface area contributed by atoms with Gasteiger partial charge in [-0.1, -0.05) is 0 Å². The summed E-state index contributed by atoms with van der Waals surface area (Å²) in [5.41, 5.74) is 0.157. The Labute approximate surface area is 141 Å². The third-order valence-corrected chi connectivity index (χ3v) is 3.57. The van der Waals surface area contributed by atoms with Crippen molar-refractivity contribution in [1.29, 1.82) is 0 Å². The number of carboxylic acid groups (broad SMARTS) is 1. The Kier molecular flexibility index (Phi) is 5.33. The minimum absolute atomic E-state index is 0.00972. The van der Waals surface area contributed by atoms with Crippen molar-refractivity contribution in [3.05, 3.63) is 53.1 Å². The van der Waals surface area contributed by atoms with Crippen LogP contribution >= 0.6 is 0 Å². The molecule has 2 rings (SSSR count). The minimum atomic E-state index is -1.56. The number of aliphatic hydroxyl groups is 1. The SMILES string of the molecule is Cc1cc(-c2ccc(F)cc2F)cc(C(=O)NC(CO)C(=O)O)c1O. The molecule has 0 radical (unpaired) electrons. The van der Waals surface area contributed by atoms with Crippen LogP contribution in [-0.2, 0) is 4.79 Å². The molecule has 8 heteroatoms. The molecule has 0 aliphatic heterocycles. The number of carboxylic acids is 1. The van der Waals surface area contributed by atoms with Crippen LogP contribution in [0.4, 0.5) is 8.78 Å². The van der Waals surface area contributed by atoms with Gasteiger partial charge in [-0.2, -0.15) is 0 Å². The normalized spacial score (nSPS) is 11.8. The smallest absolute Gasteiger partial charge is 0.328 e. The molecule has 25 heavy (non-hydrogen) atoms. The summed E-state index contributed by atoms with van der Waals surface area (Å²) in [5, 5.41) is 29.9. The molecule has 0 bridgehead atoms. The van der Waals surface area contributed by atoms with Gasteiger partial charge >= 0.3 is 5.97 Å². The second-order valence-electron chi connectivity index (χ2n) is 5.36. The van der Waals surface area contributed by atoms with Crippen LogP contribution in [0.3, 0.4) is 0 Å². The van der Waals surface area contributed by atoms with E-state index in [0.717, 1.165) is 12.1 Å². The molecule has 0 aliphatic carbocycles. The molecule has 2 aromatic carbocycles. The summed E-state index contributed by atoms with van der Waals surface area (Å²) in [6, 6.07) is 3.92. The number of benzene rings is 2. The Morgan fingerprint density at radius 1 is 1.20 bits per heavy atom. The van der Waals surface area contributed by atoms with Gasteiger partial charge in [0.25, 0.3) is 5.91 Å². The number of aliphatic carboxylic acids is 1. The maximum Gasteiger partial charge on any atom is 0.328 e. The lowest BCUT2D eigenvalue weighted by molar-refractivity contribution is -0.140. The van der Waals surface area contributed by atoms with E-state index in [1.165, 1.54) is 19.1 Å². The fourth-order valence-corrected chi connectivity index (χ4v) is 2.25. The van der Waals surface area contributed by atoms with Crippen LogP contribution in [0.1, 0.15) is 15.9 Å². The first-order valence-electron chi connectivity index (χ1n) is 7.18. The van der Waals surface area contributed by atoms with Crippen molar-refractivity contribution < 1.29 is 33.7 Å². The number of hydrogen-bond donors (Lipinski definition) is 4. The number of amides is 1. The number of rotatable bonds is 5. The molecule has 0 spiro atoms. The second-order valence-corrected chi connectivity index (χ2v) is 5.36. The molecule has 0 aromatic heterocycles. The van der Waals surface area contributed by atoms with Crippen molar-refractivity contribution in [3.63, 3.8) is 0 Å².